The molecule has 0 atom stereocenters. The third-order valence-electron chi connectivity index (χ3n) is 3.34. The lowest BCUT2D eigenvalue weighted by atomic mass is 10.2. The molecule has 0 radical (unpaired) electrons. The zero-order valence-electron chi connectivity index (χ0n) is 14.0. The van der Waals surface area contributed by atoms with Crippen LogP contribution < -0.4 is 10.1 Å². The monoisotopic (exact) mass is 361 g/mol. The van der Waals surface area contributed by atoms with Crippen LogP contribution in [0.5, 0.6) is 5.75 Å². The van der Waals surface area contributed by atoms with Gasteiger partial charge in [0.25, 0.3) is 5.91 Å². The number of rotatable bonds is 8. The molecule has 25 heavy (non-hydrogen) atoms. The smallest absolute Gasteiger partial charge is 0.306 e. The molecule has 2 aromatic carbocycles. The second-order valence-corrected chi connectivity index (χ2v) is 5.87. The fourth-order valence-electron chi connectivity index (χ4n) is 2.11. The number of benzene rings is 2. The van der Waals surface area contributed by atoms with Crippen molar-refractivity contribution in [3.8, 4) is 5.75 Å². The van der Waals surface area contributed by atoms with Crippen molar-refractivity contribution >= 4 is 29.2 Å². The number of carbonyl (C=O) groups is 2. The van der Waals surface area contributed by atoms with Gasteiger partial charge in [-0.2, -0.15) is 0 Å². The quantitative estimate of drug-likeness (QED) is 0.570. The molecule has 0 saturated heterocycles. The van der Waals surface area contributed by atoms with E-state index >= 15 is 0 Å². The van der Waals surface area contributed by atoms with Crippen molar-refractivity contribution < 1.29 is 19.1 Å². The molecular weight excluding hydrogens is 342 g/mol. The number of nitrogens with one attached hydrogen (secondary N) is 1. The van der Waals surface area contributed by atoms with E-state index in [4.69, 9.17) is 21.1 Å². The first-order valence-corrected chi connectivity index (χ1v) is 8.32. The van der Waals surface area contributed by atoms with E-state index in [2.05, 4.69) is 5.32 Å². The Hall–Kier alpha value is -2.53. The summed E-state index contributed by atoms with van der Waals surface area (Å²) in [7, 11) is 0. The number of ether oxygens (including phenoxy) is 2. The Morgan fingerprint density at radius 3 is 2.60 bits per heavy atom. The van der Waals surface area contributed by atoms with Crippen LogP contribution in [0.2, 0.25) is 5.02 Å². The lowest BCUT2D eigenvalue weighted by molar-refractivity contribution is -0.147. The maximum absolute atomic E-state index is 11.7. The Morgan fingerprint density at radius 1 is 1.12 bits per heavy atom. The van der Waals surface area contributed by atoms with Gasteiger partial charge in [0, 0.05) is 17.1 Å². The average Bonchev–Trinajstić information content (AvgIpc) is 2.59. The summed E-state index contributed by atoms with van der Waals surface area (Å²) in [5.74, 6) is -0.0627. The van der Waals surface area contributed by atoms with E-state index in [1.807, 2.05) is 31.2 Å². The third kappa shape index (κ3) is 6.85. The van der Waals surface area contributed by atoms with Gasteiger partial charge in [-0.3, -0.25) is 9.59 Å². The number of halogens is 1. The van der Waals surface area contributed by atoms with E-state index in [0.717, 1.165) is 11.3 Å². The van der Waals surface area contributed by atoms with E-state index in [1.165, 1.54) is 0 Å². The minimum absolute atomic E-state index is 0.186. The van der Waals surface area contributed by atoms with Crippen molar-refractivity contribution in [2.24, 2.45) is 0 Å². The molecule has 0 unspecified atom stereocenters. The summed E-state index contributed by atoms with van der Waals surface area (Å²) in [6.45, 7) is 1.99. The standard InChI is InChI=1S/C19H20ClNO4/c1-14-12-15(20)9-10-17(14)24-11-5-8-19(23)25-13-18(22)21-16-6-3-2-4-7-16/h2-4,6-7,9-10,12H,5,8,11,13H2,1H3,(H,21,22). The SMILES string of the molecule is Cc1cc(Cl)ccc1OCCCC(=O)OCC(=O)Nc1ccccc1. The average molecular weight is 362 g/mol. The van der Waals surface area contributed by atoms with Crippen molar-refractivity contribution in [3.05, 3.63) is 59.1 Å². The summed E-state index contributed by atoms with van der Waals surface area (Å²) >= 11 is 5.88. The molecule has 6 heteroatoms. The predicted molar refractivity (Wildman–Crippen MR) is 96.9 cm³/mol. The summed E-state index contributed by atoms with van der Waals surface area (Å²) in [5.41, 5.74) is 1.60. The molecule has 0 aliphatic rings. The summed E-state index contributed by atoms with van der Waals surface area (Å²) < 4.78 is 10.5. The van der Waals surface area contributed by atoms with Crippen LogP contribution in [0.4, 0.5) is 5.69 Å². The molecule has 1 N–H and O–H groups in total. The van der Waals surface area contributed by atoms with Crippen LogP contribution >= 0.6 is 11.6 Å². The molecule has 132 valence electrons. The van der Waals surface area contributed by atoms with Gasteiger partial charge in [-0.05, 0) is 49.2 Å². The van der Waals surface area contributed by atoms with Gasteiger partial charge in [-0.25, -0.2) is 0 Å². The normalized spacial score (nSPS) is 10.2. The molecular formula is C19H20ClNO4. The molecule has 2 aromatic rings. The van der Waals surface area contributed by atoms with Crippen LogP contribution in [0.1, 0.15) is 18.4 Å². The van der Waals surface area contributed by atoms with E-state index in [9.17, 15) is 9.59 Å². The van der Waals surface area contributed by atoms with E-state index in [1.54, 1.807) is 24.3 Å². The first-order chi connectivity index (χ1) is 12.0. The van der Waals surface area contributed by atoms with Crippen LogP contribution in [-0.2, 0) is 14.3 Å². The molecule has 0 bridgehead atoms. The Labute approximate surface area is 151 Å². The van der Waals surface area contributed by atoms with Crippen molar-refractivity contribution in [2.45, 2.75) is 19.8 Å². The number of hydrogen-bond acceptors (Lipinski definition) is 4. The highest BCUT2D eigenvalue weighted by atomic mass is 35.5. The minimum atomic E-state index is -0.431. The van der Waals surface area contributed by atoms with Gasteiger partial charge < -0.3 is 14.8 Å². The van der Waals surface area contributed by atoms with Gasteiger partial charge in [-0.1, -0.05) is 29.8 Å². The first-order valence-electron chi connectivity index (χ1n) is 7.94. The Morgan fingerprint density at radius 2 is 1.88 bits per heavy atom. The Kier molecular flexibility index (Phi) is 7.29. The molecule has 1 amide bonds. The largest absolute Gasteiger partial charge is 0.493 e. The van der Waals surface area contributed by atoms with Gasteiger partial charge in [0.05, 0.1) is 6.61 Å². The van der Waals surface area contributed by atoms with Crippen molar-refractivity contribution in [1.82, 2.24) is 0 Å². The lowest BCUT2D eigenvalue weighted by Gasteiger charge is -2.09. The third-order valence-corrected chi connectivity index (χ3v) is 3.58. The molecule has 0 aliphatic carbocycles. The first kappa shape index (κ1) is 18.8. The number of para-hydroxylation sites is 1. The zero-order valence-corrected chi connectivity index (χ0v) is 14.7. The van der Waals surface area contributed by atoms with Crippen molar-refractivity contribution in [3.63, 3.8) is 0 Å². The summed E-state index contributed by atoms with van der Waals surface area (Å²) in [5, 5.41) is 3.30. The molecule has 2 rings (SSSR count). The van der Waals surface area contributed by atoms with Gasteiger partial charge in [0.15, 0.2) is 6.61 Å². The number of carbonyl (C=O) groups excluding carboxylic acids is 2. The van der Waals surface area contributed by atoms with Crippen LogP contribution in [0.25, 0.3) is 0 Å². The van der Waals surface area contributed by atoms with Crippen LogP contribution in [0, 0.1) is 6.92 Å². The Balaban J connectivity index is 1.61. The van der Waals surface area contributed by atoms with E-state index in [-0.39, 0.29) is 18.9 Å². The zero-order chi connectivity index (χ0) is 18.1. The molecule has 0 fully saturated rings. The van der Waals surface area contributed by atoms with Gasteiger partial charge in [-0.15, -0.1) is 0 Å². The van der Waals surface area contributed by atoms with Crippen molar-refractivity contribution in [2.75, 3.05) is 18.5 Å². The highest BCUT2D eigenvalue weighted by Gasteiger charge is 2.08. The molecule has 0 aromatic heterocycles. The number of anilines is 1. The number of amides is 1. The highest BCUT2D eigenvalue weighted by Crippen LogP contribution is 2.21. The van der Waals surface area contributed by atoms with Crippen LogP contribution in [0.3, 0.4) is 0 Å². The van der Waals surface area contributed by atoms with E-state index < -0.39 is 5.97 Å². The summed E-state index contributed by atoms with van der Waals surface area (Å²) in [6.07, 6.45) is 0.687. The highest BCUT2D eigenvalue weighted by molar-refractivity contribution is 6.30. The second kappa shape index (κ2) is 9.69. The van der Waals surface area contributed by atoms with Gasteiger partial charge in [0.1, 0.15) is 5.75 Å². The predicted octanol–water partition coefficient (Wildman–Crippen LogP) is 3.99. The number of hydrogen-bond donors (Lipinski definition) is 1. The number of esters is 1. The molecule has 0 saturated carbocycles. The minimum Gasteiger partial charge on any atom is -0.493 e. The fourth-order valence-corrected chi connectivity index (χ4v) is 2.34. The molecule has 0 spiro atoms. The van der Waals surface area contributed by atoms with Gasteiger partial charge in [0.2, 0.25) is 0 Å². The van der Waals surface area contributed by atoms with E-state index in [0.29, 0.717) is 23.7 Å². The fraction of sp³-hybridized carbons (Fsp3) is 0.263. The van der Waals surface area contributed by atoms with Crippen LogP contribution in [0.15, 0.2) is 48.5 Å². The maximum atomic E-state index is 11.7. The summed E-state index contributed by atoms with van der Waals surface area (Å²) in [6, 6.07) is 14.4. The molecule has 0 heterocycles. The summed E-state index contributed by atoms with van der Waals surface area (Å²) in [4.78, 5) is 23.3. The topological polar surface area (TPSA) is 64.6 Å². The lowest BCUT2D eigenvalue weighted by Crippen LogP contribution is -2.21. The van der Waals surface area contributed by atoms with Crippen molar-refractivity contribution in [1.29, 1.82) is 0 Å². The molecule has 0 aliphatic heterocycles. The number of aryl methyl sites for hydroxylation is 1. The molecule has 5 nitrogen and oxygen atoms in total. The second-order valence-electron chi connectivity index (χ2n) is 5.44. The Bertz CT molecular complexity index is 719. The maximum Gasteiger partial charge on any atom is 0.306 e. The van der Waals surface area contributed by atoms with Gasteiger partial charge >= 0.3 is 5.97 Å². The van der Waals surface area contributed by atoms with Crippen LogP contribution in [-0.4, -0.2) is 25.1 Å².